The van der Waals surface area contributed by atoms with Crippen molar-refractivity contribution in [1.29, 1.82) is 0 Å². The zero-order chi connectivity index (χ0) is 80.0. The molecule has 0 spiro atoms. The molecular formula is C116H72N4OS. The molecule has 0 radical (unpaired) electrons. The van der Waals surface area contributed by atoms with E-state index in [1.165, 1.54) is 196 Å². The van der Waals surface area contributed by atoms with Crippen LogP contribution < -0.4 is 0 Å². The lowest BCUT2D eigenvalue weighted by Gasteiger charge is -2.11. The number of aromatic nitrogens is 4. The van der Waals surface area contributed by atoms with Crippen molar-refractivity contribution in [3.63, 3.8) is 0 Å². The number of hydrogen-bond donors (Lipinski definition) is 0. The van der Waals surface area contributed by atoms with E-state index in [1.807, 2.05) is 17.4 Å². The topological polar surface area (TPSA) is 32.9 Å². The van der Waals surface area contributed by atoms with E-state index in [0.29, 0.717) is 0 Å². The summed E-state index contributed by atoms with van der Waals surface area (Å²) >= 11 is 1.89. The minimum Gasteiger partial charge on any atom is -0.455 e. The smallest absolute Gasteiger partial charge is 0.143 e. The Morgan fingerprint density at radius 2 is 0.516 bits per heavy atom. The quantitative estimate of drug-likeness (QED) is 0.134. The maximum Gasteiger partial charge on any atom is 0.143 e. The predicted molar refractivity (Wildman–Crippen MR) is 518 cm³/mol. The highest BCUT2D eigenvalue weighted by Gasteiger charge is 2.23. The van der Waals surface area contributed by atoms with Crippen molar-refractivity contribution in [2.45, 2.75) is 0 Å². The van der Waals surface area contributed by atoms with E-state index in [-0.39, 0.29) is 0 Å². The fourth-order valence-electron chi connectivity index (χ4n) is 19.6. The van der Waals surface area contributed by atoms with Gasteiger partial charge in [-0.2, -0.15) is 0 Å². The normalized spacial score (nSPS) is 11.9. The number of benzene rings is 20. The average Bonchev–Trinajstić information content (AvgIpc) is 1.60. The minimum absolute atomic E-state index is 0.910. The SMILES string of the molecule is c1ccc(-n2c3ccc(-c4ccc(-c5ccc6c(c5)c5ccccc5n6-c5ccc6ccccc6c5)cc4)cc3c3cc(-c4cccc5c4oc4ccccc45)ccc32)cc1.c1ccc(-n2c3ccccc3c3cc(-c4ccc(-c5ccc6c(c5)c5ccc(-c7cccc8c7sc7ccccc78)cc5n6-c5ccc6ccccc6c5)cc4)ccc32)cc1. The molecule has 0 saturated carbocycles. The van der Waals surface area contributed by atoms with Gasteiger partial charge < -0.3 is 22.7 Å². The van der Waals surface area contributed by atoms with Crippen molar-refractivity contribution < 1.29 is 4.42 Å². The predicted octanol–water partition coefficient (Wildman–Crippen LogP) is 32.3. The zero-order valence-electron chi connectivity index (χ0n) is 66.2. The largest absolute Gasteiger partial charge is 0.455 e. The lowest BCUT2D eigenvalue weighted by atomic mass is 9.97. The van der Waals surface area contributed by atoms with Gasteiger partial charge in [0, 0.05) is 102 Å². The summed E-state index contributed by atoms with van der Waals surface area (Å²) in [5, 5.41) is 19.8. The third-order valence-electron chi connectivity index (χ3n) is 25.4. The highest BCUT2D eigenvalue weighted by Crippen LogP contribution is 2.47. The maximum absolute atomic E-state index is 6.50. The first-order chi connectivity index (χ1) is 60.5. The average molecular weight is 1570 g/mol. The third kappa shape index (κ3) is 11.2. The number of nitrogens with zero attached hydrogens (tertiary/aromatic N) is 4. The van der Waals surface area contributed by atoms with E-state index in [4.69, 9.17) is 4.42 Å². The number of furan rings is 1. The van der Waals surface area contributed by atoms with Crippen LogP contribution in [0.1, 0.15) is 0 Å². The van der Waals surface area contributed by atoms with E-state index < -0.39 is 0 Å². The monoisotopic (exact) mass is 1570 g/mol. The van der Waals surface area contributed by atoms with Crippen LogP contribution in [0.25, 0.3) is 240 Å². The van der Waals surface area contributed by atoms with Gasteiger partial charge in [-0.25, -0.2) is 0 Å². The molecule has 20 aromatic carbocycles. The van der Waals surface area contributed by atoms with Crippen molar-refractivity contribution in [3.05, 3.63) is 437 Å². The second-order valence-electron chi connectivity index (χ2n) is 32.2. The van der Waals surface area contributed by atoms with Crippen molar-refractivity contribution >= 4 is 162 Å². The van der Waals surface area contributed by atoms with Gasteiger partial charge >= 0.3 is 0 Å². The zero-order valence-corrected chi connectivity index (χ0v) is 67.0. The molecule has 0 bridgehead atoms. The Bertz CT molecular complexity index is 8750. The Balaban J connectivity index is 0.000000134. The molecule has 0 aliphatic carbocycles. The third-order valence-corrected chi connectivity index (χ3v) is 26.6. The van der Waals surface area contributed by atoms with Crippen molar-refractivity contribution in [2.75, 3.05) is 0 Å². The Labute approximate surface area is 706 Å². The molecule has 0 atom stereocenters. The summed E-state index contributed by atoms with van der Waals surface area (Å²) in [5.41, 5.74) is 30.4. The van der Waals surface area contributed by atoms with Crippen LogP contribution in [-0.2, 0) is 0 Å². The van der Waals surface area contributed by atoms with Crippen LogP contribution in [0.5, 0.6) is 0 Å². The molecule has 0 unspecified atom stereocenters. The molecule has 6 aromatic heterocycles. The van der Waals surface area contributed by atoms with Crippen LogP contribution in [0.2, 0.25) is 0 Å². The molecule has 0 aliphatic heterocycles. The van der Waals surface area contributed by atoms with Gasteiger partial charge in [-0.05, 0) is 222 Å². The molecule has 26 aromatic rings. The number of rotatable bonds is 10. The summed E-state index contributed by atoms with van der Waals surface area (Å²) in [5.74, 6) is 0. The molecule has 6 heteroatoms. The number of thiophene rings is 1. The Morgan fingerprint density at radius 3 is 1.03 bits per heavy atom. The summed E-state index contributed by atoms with van der Waals surface area (Å²) in [4.78, 5) is 0. The van der Waals surface area contributed by atoms with Crippen LogP contribution in [-0.4, -0.2) is 18.3 Å². The van der Waals surface area contributed by atoms with Gasteiger partial charge in [0.2, 0.25) is 0 Å². The summed E-state index contributed by atoms with van der Waals surface area (Å²) in [6.07, 6.45) is 0. The van der Waals surface area contributed by atoms with Gasteiger partial charge in [0.05, 0.1) is 44.1 Å². The van der Waals surface area contributed by atoms with E-state index in [9.17, 15) is 0 Å². The first-order valence-electron chi connectivity index (χ1n) is 41.8. The van der Waals surface area contributed by atoms with E-state index in [0.717, 1.165) is 44.4 Å². The number of para-hydroxylation sites is 6. The second-order valence-corrected chi connectivity index (χ2v) is 33.3. The lowest BCUT2D eigenvalue weighted by molar-refractivity contribution is 0.670. The van der Waals surface area contributed by atoms with E-state index in [2.05, 4.69) is 449 Å². The van der Waals surface area contributed by atoms with Crippen LogP contribution in [0.3, 0.4) is 0 Å². The molecule has 0 aliphatic rings. The van der Waals surface area contributed by atoms with E-state index >= 15 is 0 Å². The van der Waals surface area contributed by atoms with Gasteiger partial charge in [-0.15, -0.1) is 11.3 Å². The van der Waals surface area contributed by atoms with Gasteiger partial charge in [0.15, 0.2) is 0 Å². The number of fused-ring (bicyclic) bond motifs is 20. The second kappa shape index (κ2) is 27.9. The van der Waals surface area contributed by atoms with Crippen LogP contribution in [0.4, 0.5) is 0 Å². The lowest BCUT2D eigenvalue weighted by Crippen LogP contribution is -1.94. The molecule has 6 heterocycles. The summed E-state index contributed by atoms with van der Waals surface area (Å²) in [6, 6.07) is 160. The Hall–Kier alpha value is -15.9. The number of hydrogen-bond acceptors (Lipinski definition) is 2. The van der Waals surface area contributed by atoms with Gasteiger partial charge in [-0.1, -0.05) is 297 Å². The summed E-state index contributed by atoms with van der Waals surface area (Å²) in [7, 11) is 0. The van der Waals surface area contributed by atoms with Crippen molar-refractivity contribution in [2.24, 2.45) is 0 Å². The van der Waals surface area contributed by atoms with Crippen LogP contribution in [0.15, 0.2) is 441 Å². The molecule has 0 fully saturated rings. The fraction of sp³-hybridized carbons (Fsp3) is 0. The first kappa shape index (κ1) is 69.3. The summed E-state index contributed by atoms with van der Waals surface area (Å²) in [6.45, 7) is 0. The maximum atomic E-state index is 6.50. The molecule has 0 N–H and O–H groups in total. The van der Waals surface area contributed by atoms with Crippen LogP contribution >= 0.6 is 11.3 Å². The standard InChI is InChI=1S/C58H36N2O.C58H36N2S/c1-2-13-44(14-3-1)59-55-31-27-42(35-51(55)52-36-43(28-32-56(52)59)46-17-10-18-49-48-16-7-9-20-57(48)61-58(46)49)39-23-21-38(22-24-39)41-26-30-54-50(34-41)47-15-6-8-19-53(47)60(54)45-29-25-37-11-4-5-12-40(37)33-45;1-2-13-44(14-3-1)59-53-19-8-6-15-47(53)51-34-41(27-31-54(51)59)38-21-23-39(24-22-38)42-28-32-55-52(35-42)48-30-26-43(46-17-10-18-50-49-16-7-9-20-57(49)61-58(46)50)36-56(48)60(55)45-29-25-37-11-4-5-12-40(37)33-45/h2*1-36H. The Morgan fingerprint density at radius 1 is 0.172 bits per heavy atom. The summed E-state index contributed by atoms with van der Waals surface area (Å²) < 4.78 is 18.8. The molecule has 26 rings (SSSR count). The Kier molecular flexibility index (Phi) is 15.8. The highest BCUT2D eigenvalue weighted by atomic mass is 32.1. The molecule has 568 valence electrons. The van der Waals surface area contributed by atoms with Crippen molar-refractivity contribution in [1.82, 2.24) is 18.3 Å². The fourth-order valence-corrected chi connectivity index (χ4v) is 20.8. The van der Waals surface area contributed by atoms with Gasteiger partial charge in [0.1, 0.15) is 11.2 Å². The van der Waals surface area contributed by atoms with Crippen LogP contribution in [0, 0.1) is 0 Å². The molecule has 0 saturated heterocycles. The molecule has 122 heavy (non-hydrogen) atoms. The highest BCUT2D eigenvalue weighted by molar-refractivity contribution is 7.26. The van der Waals surface area contributed by atoms with Gasteiger partial charge in [0.25, 0.3) is 0 Å². The van der Waals surface area contributed by atoms with Gasteiger partial charge in [-0.3, -0.25) is 0 Å². The van der Waals surface area contributed by atoms with Crippen molar-refractivity contribution in [3.8, 4) is 89.5 Å². The first-order valence-corrected chi connectivity index (χ1v) is 42.6. The minimum atomic E-state index is 0.910. The molecule has 5 nitrogen and oxygen atoms in total. The molecule has 0 amide bonds. The van der Waals surface area contributed by atoms with E-state index in [1.54, 1.807) is 0 Å². The molecular weight excluding hydrogens is 1500 g/mol.